The zero-order valence-corrected chi connectivity index (χ0v) is 16.9. The van der Waals surface area contributed by atoms with Crippen molar-refractivity contribution in [2.75, 3.05) is 27.2 Å². The minimum Gasteiger partial charge on any atom is -0.497 e. The number of carbonyl (C=O) groups excluding carboxylic acids is 1. The van der Waals surface area contributed by atoms with Crippen LogP contribution in [0.5, 0.6) is 5.75 Å². The molecule has 28 heavy (non-hydrogen) atoms. The molecule has 2 aromatic rings. The molecule has 0 aromatic heterocycles. The third kappa shape index (κ3) is 3.93. The molecule has 4 nitrogen and oxygen atoms in total. The van der Waals surface area contributed by atoms with Gasteiger partial charge in [-0.2, -0.15) is 0 Å². The second-order valence-electron chi connectivity index (χ2n) is 8.11. The highest BCUT2D eigenvalue weighted by molar-refractivity contribution is 5.80. The minimum absolute atomic E-state index is 0.218. The average Bonchev–Trinajstić information content (AvgIpc) is 3.14. The lowest BCUT2D eigenvalue weighted by molar-refractivity contribution is -0.137. The fourth-order valence-electron chi connectivity index (χ4n) is 4.74. The molecule has 0 bridgehead atoms. The van der Waals surface area contributed by atoms with Crippen LogP contribution in [0.2, 0.25) is 0 Å². The van der Waals surface area contributed by atoms with Crippen molar-refractivity contribution >= 4 is 5.91 Å². The lowest BCUT2D eigenvalue weighted by atomic mass is 9.97. The number of carbonyl (C=O) groups is 1. The largest absolute Gasteiger partial charge is 0.497 e. The first-order valence-electron chi connectivity index (χ1n) is 10.4. The molecule has 0 N–H and O–H groups in total. The first-order chi connectivity index (χ1) is 13.7. The summed E-state index contributed by atoms with van der Waals surface area (Å²) in [5.41, 5.74) is 3.81. The first-order valence-corrected chi connectivity index (χ1v) is 10.4. The molecule has 1 fully saturated rings. The van der Waals surface area contributed by atoms with Gasteiger partial charge in [-0.1, -0.05) is 36.4 Å². The van der Waals surface area contributed by atoms with Crippen molar-refractivity contribution in [1.82, 2.24) is 9.80 Å². The van der Waals surface area contributed by atoms with E-state index in [9.17, 15) is 4.79 Å². The Kier molecular flexibility index (Phi) is 5.67. The van der Waals surface area contributed by atoms with E-state index in [1.54, 1.807) is 7.11 Å². The molecule has 1 amide bonds. The summed E-state index contributed by atoms with van der Waals surface area (Å²) in [5, 5.41) is 0. The van der Waals surface area contributed by atoms with Crippen LogP contribution in [0.3, 0.4) is 0 Å². The molecule has 1 heterocycles. The van der Waals surface area contributed by atoms with Gasteiger partial charge in [0.25, 0.3) is 0 Å². The third-order valence-electron chi connectivity index (χ3n) is 6.32. The van der Waals surface area contributed by atoms with Gasteiger partial charge < -0.3 is 14.5 Å². The van der Waals surface area contributed by atoms with E-state index >= 15 is 0 Å². The first kappa shape index (κ1) is 19.0. The van der Waals surface area contributed by atoms with Gasteiger partial charge >= 0.3 is 0 Å². The normalized spacial score (nSPS) is 20.0. The van der Waals surface area contributed by atoms with Crippen molar-refractivity contribution in [3.63, 3.8) is 0 Å². The van der Waals surface area contributed by atoms with Crippen molar-refractivity contribution in [3.8, 4) is 5.75 Å². The molecular formula is C24H30N2O2. The minimum atomic E-state index is 0.218. The lowest BCUT2D eigenvalue weighted by Gasteiger charge is -2.41. The van der Waals surface area contributed by atoms with Crippen molar-refractivity contribution in [3.05, 3.63) is 65.2 Å². The molecule has 1 saturated heterocycles. The third-order valence-corrected chi connectivity index (χ3v) is 6.32. The highest BCUT2D eigenvalue weighted by Crippen LogP contribution is 2.38. The fraction of sp³-hybridized carbons (Fsp3) is 0.458. The maximum atomic E-state index is 13.5. The van der Waals surface area contributed by atoms with E-state index in [0.717, 1.165) is 50.1 Å². The van der Waals surface area contributed by atoms with Gasteiger partial charge in [0.2, 0.25) is 5.91 Å². The summed E-state index contributed by atoms with van der Waals surface area (Å²) in [7, 11) is 3.84. The molecule has 4 rings (SSSR count). The van der Waals surface area contributed by atoms with Crippen molar-refractivity contribution in [2.45, 2.75) is 44.2 Å². The Morgan fingerprint density at radius 3 is 2.50 bits per heavy atom. The summed E-state index contributed by atoms with van der Waals surface area (Å²) in [6.07, 6.45) is 4.68. The molecule has 1 aliphatic heterocycles. The Hall–Kier alpha value is -2.33. The topological polar surface area (TPSA) is 32.8 Å². The number of hydrogen-bond acceptors (Lipinski definition) is 3. The van der Waals surface area contributed by atoms with E-state index in [-0.39, 0.29) is 11.9 Å². The second kappa shape index (κ2) is 8.36. The van der Waals surface area contributed by atoms with Crippen molar-refractivity contribution < 1.29 is 9.53 Å². The molecule has 1 unspecified atom stereocenters. The highest BCUT2D eigenvalue weighted by atomic mass is 16.5. The Bertz CT molecular complexity index is 810. The maximum Gasteiger partial charge on any atom is 0.227 e. The molecule has 0 saturated carbocycles. The molecule has 0 radical (unpaired) electrons. The van der Waals surface area contributed by atoms with Crippen molar-refractivity contribution in [1.29, 1.82) is 0 Å². The van der Waals surface area contributed by atoms with Crippen LogP contribution >= 0.6 is 0 Å². The molecule has 1 atom stereocenters. The zero-order chi connectivity index (χ0) is 19.5. The number of aryl methyl sites for hydroxylation is 1. The highest BCUT2D eigenvalue weighted by Gasteiger charge is 2.36. The standard InChI is InChI=1S/C24H30N2O2/c1-25-15-13-20(14-16-25)26(23-12-9-19-5-3-4-6-22(19)23)24(27)17-18-7-10-21(28-2)11-8-18/h3-8,10-11,20,23H,9,12-17H2,1-2H3. The van der Waals surface area contributed by atoms with Crippen LogP contribution in [0, 0.1) is 0 Å². The number of hydrogen-bond donors (Lipinski definition) is 0. The molecule has 148 valence electrons. The van der Waals surface area contributed by atoms with Crippen LogP contribution in [-0.2, 0) is 17.6 Å². The number of piperidine rings is 1. The summed E-state index contributed by atoms with van der Waals surface area (Å²) in [5.74, 6) is 1.08. The average molecular weight is 379 g/mol. The number of likely N-dealkylation sites (tertiary alicyclic amines) is 1. The monoisotopic (exact) mass is 378 g/mol. The predicted molar refractivity (Wildman–Crippen MR) is 112 cm³/mol. The van der Waals surface area contributed by atoms with Crippen LogP contribution in [0.4, 0.5) is 0 Å². The molecule has 2 aromatic carbocycles. The zero-order valence-electron chi connectivity index (χ0n) is 16.9. The predicted octanol–water partition coefficient (Wildman–Crippen LogP) is 3.85. The maximum absolute atomic E-state index is 13.5. The number of methoxy groups -OCH3 is 1. The number of nitrogens with zero attached hydrogens (tertiary/aromatic N) is 2. The van der Waals surface area contributed by atoms with Crippen molar-refractivity contribution in [2.24, 2.45) is 0 Å². The van der Waals surface area contributed by atoms with E-state index in [1.807, 2.05) is 24.3 Å². The van der Waals surface area contributed by atoms with Gasteiger partial charge in [-0.15, -0.1) is 0 Å². The molecule has 0 spiro atoms. The SMILES string of the molecule is COc1ccc(CC(=O)N(C2CCN(C)CC2)C2CCc3ccccc32)cc1. The Morgan fingerprint density at radius 1 is 1.07 bits per heavy atom. The number of benzene rings is 2. The summed E-state index contributed by atoms with van der Waals surface area (Å²) in [4.78, 5) is 18.1. The number of rotatable bonds is 5. The molecule has 4 heteroatoms. The van der Waals surface area contributed by atoms with Gasteiger partial charge in [-0.3, -0.25) is 4.79 Å². The van der Waals surface area contributed by atoms with Gasteiger partial charge in [0, 0.05) is 6.04 Å². The Morgan fingerprint density at radius 2 is 1.79 bits per heavy atom. The summed E-state index contributed by atoms with van der Waals surface area (Å²) < 4.78 is 5.25. The van der Waals surface area contributed by atoms with Gasteiger partial charge in [-0.05, 0) is 74.6 Å². The molecular weight excluding hydrogens is 348 g/mol. The summed E-state index contributed by atoms with van der Waals surface area (Å²) in [6.45, 7) is 2.12. The van der Waals surface area contributed by atoms with Crippen LogP contribution in [0.15, 0.2) is 48.5 Å². The van der Waals surface area contributed by atoms with E-state index in [1.165, 1.54) is 11.1 Å². The van der Waals surface area contributed by atoms with Gasteiger partial charge in [-0.25, -0.2) is 0 Å². The Labute approximate surface area is 168 Å². The summed E-state index contributed by atoms with van der Waals surface area (Å²) >= 11 is 0. The summed E-state index contributed by atoms with van der Waals surface area (Å²) in [6, 6.07) is 17.1. The van der Waals surface area contributed by atoms with Gasteiger partial charge in [0.1, 0.15) is 5.75 Å². The van der Waals surface area contributed by atoms with E-state index < -0.39 is 0 Å². The molecule has 2 aliphatic rings. The van der Waals surface area contributed by atoms with Crippen LogP contribution < -0.4 is 4.74 Å². The van der Waals surface area contributed by atoms with E-state index in [0.29, 0.717) is 12.5 Å². The number of ether oxygens (including phenoxy) is 1. The van der Waals surface area contributed by atoms with Crippen LogP contribution in [0.1, 0.15) is 42.0 Å². The number of amides is 1. The smallest absolute Gasteiger partial charge is 0.227 e. The molecule has 1 aliphatic carbocycles. The number of fused-ring (bicyclic) bond motifs is 1. The van der Waals surface area contributed by atoms with E-state index in [4.69, 9.17) is 4.74 Å². The quantitative estimate of drug-likeness (QED) is 0.792. The fourth-order valence-corrected chi connectivity index (χ4v) is 4.74. The van der Waals surface area contributed by atoms with Crippen LogP contribution in [0.25, 0.3) is 0 Å². The van der Waals surface area contributed by atoms with Crippen LogP contribution in [-0.4, -0.2) is 49.0 Å². The Balaban J connectivity index is 1.58. The lowest BCUT2D eigenvalue weighted by Crippen LogP contribution is -2.48. The van der Waals surface area contributed by atoms with Gasteiger partial charge in [0.15, 0.2) is 0 Å². The second-order valence-corrected chi connectivity index (χ2v) is 8.11. The van der Waals surface area contributed by atoms with Gasteiger partial charge in [0.05, 0.1) is 19.6 Å². The van der Waals surface area contributed by atoms with E-state index in [2.05, 4.69) is 41.1 Å².